The van der Waals surface area contributed by atoms with Crippen LogP contribution in [0.3, 0.4) is 0 Å². The minimum Gasteiger partial charge on any atom is -0.478 e. The van der Waals surface area contributed by atoms with Crippen LogP contribution in [0.25, 0.3) is 0 Å². The number of likely N-dealkylation sites (tertiary alicyclic amines) is 1. The van der Waals surface area contributed by atoms with Crippen molar-refractivity contribution < 1.29 is 19.5 Å². The molecule has 1 amide bonds. The molecule has 1 aliphatic carbocycles. The number of carbonyl (C=O) groups excluding carboxylic acids is 2. The van der Waals surface area contributed by atoms with Crippen LogP contribution in [0.4, 0.5) is 0 Å². The Morgan fingerprint density at radius 1 is 0.923 bits per heavy atom. The molecule has 3 fully saturated rings. The van der Waals surface area contributed by atoms with E-state index in [9.17, 15) is 19.5 Å². The Balaban J connectivity index is 0.00000353. The number of ketones is 1. The average Bonchev–Trinajstić information content (AvgIpc) is 3.21. The van der Waals surface area contributed by atoms with E-state index in [0.717, 1.165) is 57.3 Å². The Kier molecular flexibility index (Phi) is 9.81. The first-order valence-electron chi connectivity index (χ1n) is 14.2. The number of amides is 1. The van der Waals surface area contributed by atoms with E-state index in [2.05, 4.69) is 9.80 Å². The topological polar surface area (TPSA) is 81.2 Å². The maximum Gasteiger partial charge on any atom is 0.336 e. The number of carboxylic acid groups (broad SMARTS) is 1. The summed E-state index contributed by atoms with van der Waals surface area (Å²) in [5, 5.41) is 9.66. The highest BCUT2D eigenvalue weighted by Crippen LogP contribution is 2.41. The second-order valence-electron chi connectivity index (χ2n) is 11.1. The number of hydrogen-bond donors (Lipinski definition) is 1. The molecule has 0 unspecified atom stereocenters. The molecular weight excluding hydrogens is 514 g/mol. The normalized spacial score (nSPS) is 20.2. The summed E-state index contributed by atoms with van der Waals surface area (Å²) in [6, 6.07) is 16.9. The lowest BCUT2D eigenvalue weighted by Gasteiger charge is -2.46. The van der Waals surface area contributed by atoms with Gasteiger partial charge in [-0.3, -0.25) is 14.5 Å². The summed E-state index contributed by atoms with van der Waals surface area (Å²) >= 11 is 0. The van der Waals surface area contributed by atoms with E-state index in [4.69, 9.17) is 0 Å². The third-order valence-electron chi connectivity index (χ3n) is 8.84. The van der Waals surface area contributed by atoms with Gasteiger partial charge in [0.05, 0.1) is 12.2 Å². The first kappa shape index (κ1) is 29.2. The Hall–Kier alpha value is -2.74. The lowest BCUT2D eigenvalue weighted by atomic mass is 9.82. The molecule has 2 aromatic rings. The first-order chi connectivity index (χ1) is 18.5. The standard InChI is InChI=1S/C31H39N3O4.ClH/c35-28(24-10-3-1-4-11-24)16-9-19-32-20-17-31(18-21-32)30(38)33(23-34(31)26-13-5-2-6-14-26)22-25-12-7-8-15-27(25)29(36)37;/h1,3-4,7-8,10-12,15,26H,2,5-6,9,13-14,16-23H2,(H,36,37);1H. The fraction of sp³-hybridized carbons (Fsp3) is 0.516. The molecule has 0 bridgehead atoms. The van der Waals surface area contributed by atoms with Crippen molar-refractivity contribution in [3.8, 4) is 0 Å². The quantitative estimate of drug-likeness (QED) is 0.428. The molecule has 0 radical (unpaired) electrons. The monoisotopic (exact) mass is 553 g/mol. The van der Waals surface area contributed by atoms with Crippen LogP contribution in [-0.4, -0.2) is 75.3 Å². The molecule has 1 spiro atoms. The molecule has 210 valence electrons. The van der Waals surface area contributed by atoms with Crippen LogP contribution >= 0.6 is 12.4 Å². The minimum absolute atomic E-state index is 0. The molecule has 0 aromatic heterocycles. The van der Waals surface area contributed by atoms with Gasteiger partial charge in [-0.15, -0.1) is 12.4 Å². The van der Waals surface area contributed by atoms with Crippen LogP contribution in [-0.2, 0) is 11.3 Å². The van der Waals surface area contributed by atoms with Crippen LogP contribution in [0, 0.1) is 0 Å². The number of benzene rings is 2. The number of aromatic carboxylic acids is 1. The predicted octanol–water partition coefficient (Wildman–Crippen LogP) is 5.24. The number of nitrogens with zero attached hydrogens (tertiary/aromatic N) is 3. The molecular formula is C31H40ClN3O4. The van der Waals surface area contributed by atoms with E-state index < -0.39 is 11.5 Å². The van der Waals surface area contributed by atoms with Gasteiger partial charge in [0.1, 0.15) is 5.54 Å². The van der Waals surface area contributed by atoms with Crippen molar-refractivity contribution in [2.75, 3.05) is 26.3 Å². The lowest BCUT2D eigenvalue weighted by Crippen LogP contribution is -2.59. The largest absolute Gasteiger partial charge is 0.478 e. The van der Waals surface area contributed by atoms with Crippen molar-refractivity contribution in [3.63, 3.8) is 0 Å². The summed E-state index contributed by atoms with van der Waals surface area (Å²) in [4.78, 5) is 45.1. The number of rotatable bonds is 9. The van der Waals surface area contributed by atoms with Gasteiger partial charge in [-0.1, -0.05) is 67.8 Å². The molecule has 1 N–H and O–H groups in total. The Bertz CT molecular complexity index is 1140. The molecule has 2 heterocycles. The molecule has 5 rings (SSSR count). The highest BCUT2D eigenvalue weighted by atomic mass is 35.5. The number of hydrogen-bond acceptors (Lipinski definition) is 5. The van der Waals surface area contributed by atoms with Crippen molar-refractivity contribution >= 4 is 30.1 Å². The highest BCUT2D eigenvalue weighted by molar-refractivity contribution is 5.96. The molecule has 2 aromatic carbocycles. The van der Waals surface area contributed by atoms with E-state index in [1.807, 2.05) is 47.4 Å². The summed E-state index contributed by atoms with van der Waals surface area (Å²) in [6.45, 7) is 3.45. The lowest BCUT2D eigenvalue weighted by molar-refractivity contribution is -0.137. The van der Waals surface area contributed by atoms with E-state index >= 15 is 0 Å². The molecule has 2 saturated heterocycles. The SMILES string of the molecule is Cl.O=C(CCCN1CCC2(CC1)C(=O)N(Cc1ccccc1C(=O)O)CN2C1CCCCC1)c1ccccc1. The van der Waals surface area contributed by atoms with Gasteiger partial charge >= 0.3 is 5.97 Å². The maximum absolute atomic E-state index is 14.1. The van der Waals surface area contributed by atoms with Gasteiger partial charge in [0.25, 0.3) is 0 Å². The van der Waals surface area contributed by atoms with Crippen LogP contribution < -0.4 is 0 Å². The molecule has 1 saturated carbocycles. The predicted molar refractivity (Wildman–Crippen MR) is 153 cm³/mol. The van der Waals surface area contributed by atoms with Crippen LogP contribution in [0.5, 0.6) is 0 Å². The van der Waals surface area contributed by atoms with Crippen LogP contribution in [0.15, 0.2) is 54.6 Å². The second kappa shape index (κ2) is 13.1. The van der Waals surface area contributed by atoms with Gasteiger partial charge in [0, 0.05) is 37.7 Å². The Labute approximate surface area is 237 Å². The van der Waals surface area contributed by atoms with Crippen molar-refractivity contribution in [3.05, 3.63) is 71.3 Å². The van der Waals surface area contributed by atoms with E-state index in [-0.39, 0.29) is 29.7 Å². The van der Waals surface area contributed by atoms with Crippen molar-refractivity contribution in [2.24, 2.45) is 0 Å². The van der Waals surface area contributed by atoms with E-state index in [0.29, 0.717) is 31.2 Å². The van der Waals surface area contributed by atoms with Gasteiger partial charge in [0.2, 0.25) is 5.91 Å². The number of piperidine rings is 1. The molecule has 2 aliphatic heterocycles. The van der Waals surface area contributed by atoms with E-state index in [1.165, 1.54) is 19.3 Å². The molecule has 39 heavy (non-hydrogen) atoms. The zero-order valence-corrected chi connectivity index (χ0v) is 23.4. The summed E-state index contributed by atoms with van der Waals surface area (Å²) in [6.07, 6.45) is 8.84. The molecule has 8 heteroatoms. The fourth-order valence-corrected chi connectivity index (χ4v) is 6.73. The summed E-state index contributed by atoms with van der Waals surface area (Å²) in [5.41, 5.74) is 1.23. The Morgan fingerprint density at radius 3 is 2.28 bits per heavy atom. The summed E-state index contributed by atoms with van der Waals surface area (Å²) in [7, 11) is 0. The number of halogens is 1. The number of carbonyl (C=O) groups is 3. The third-order valence-corrected chi connectivity index (χ3v) is 8.84. The summed E-state index contributed by atoms with van der Waals surface area (Å²) < 4.78 is 0. The fourth-order valence-electron chi connectivity index (χ4n) is 6.73. The summed E-state index contributed by atoms with van der Waals surface area (Å²) in [5.74, 6) is -0.613. The number of carboxylic acids is 1. The van der Waals surface area contributed by atoms with Gasteiger partial charge in [-0.2, -0.15) is 0 Å². The Morgan fingerprint density at radius 2 is 1.59 bits per heavy atom. The van der Waals surface area contributed by atoms with Gasteiger partial charge in [-0.25, -0.2) is 4.79 Å². The van der Waals surface area contributed by atoms with Crippen LogP contribution in [0.2, 0.25) is 0 Å². The molecule has 3 aliphatic rings. The first-order valence-corrected chi connectivity index (χ1v) is 14.2. The van der Waals surface area contributed by atoms with Gasteiger partial charge < -0.3 is 14.9 Å². The zero-order valence-electron chi connectivity index (χ0n) is 22.6. The highest BCUT2D eigenvalue weighted by Gasteiger charge is 2.55. The van der Waals surface area contributed by atoms with Crippen molar-refractivity contribution in [1.29, 1.82) is 0 Å². The molecule has 0 atom stereocenters. The third kappa shape index (κ3) is 6.37. The smallest absolute Gasteiger partial charge is 0.336 e. The molecule has 7 nitrogen and oxygen atoms in total. The minimum atomic E-state index is -0.954. The maximum atomic E-state index is 14.1. The second-order valence-corrected chi connectivity index (χ2v) is 11.1. The van der Waals surface area contributed by atoms with Crippen molar-refractivity contribution in [2.45, 2.75) is 75.9 Å². The average molecular weight is 554 g/mol. The van der Waals surface area contributed by atoms with Gasteiger partial charge in [0.15, 0.2) is 5.78 Å². The van der Waals surface area contributed by atoms with Crippen molar-refractivity contribution in [1.82, 2.24) is 14.7 Å². The van der Waals surface area contributed by atoms with E-state index in [1.54, 1.807) is 12.1 Å². The van der Waals surface area contributed by atoms with Gasteiger partial charge in [-0.05, 0) is 50.3 Å². The van der Waals surface area contributed by atoms with Crippen LogP contribution in [0.1, 0.15) is 84.1 Å². The number of Topliss-reactive ketones (excluding diaryl/α,β-unsaturated/α-hetero) is 1. The zero-order chi connectivity index (χ0) is 26.5.